The molecule has 1 saturated carbocycles. The van der Waals surface area contributed by atoms with Crippen LogP contribution in [0.5, 0.6) is 0 Å². The summed E-state index contributed by atoms with van der Waals surface area (Å²) in [5, 5.41) is 10.8. The molecule has 1 spiro atoms. The Balaban J connectivity index is 0.00000147. The summed E-state index contributed by atoms with van der Waals surface area (Å²) in [7, 11) is 1.91. The number of aromatic nitrogens is 2. The molecule has 1 atom stereocenters. The molecule has 2 heterocycles. The Morgan fingerprint density at radius 1 is 1.40 bits per heavy atom. The molecule has 1 aromatic heterocycles. The van der Waals surface area contributed by atoms with Crippen LogP contribution in [0.2, 0.25) is 0 Å². The highest BCUT2D eigenvalue weighted by Crippen LogP contribution is 2.58. The number of halogens is 1. The van der Waals surface area contributed by atoms with E-state index >= 15 is 0 Å². The Hall–Kier alpha value is -1.07. The van der Waals surface area contributed by atoms with Gasteiger partial charge in [-0.3, -0.25) is 9.48 Å². The van der Waals surface area contributed by atoms with Crippen molar-refractivity contribution in [1.29, 1.82) is 0 Å². The molecule has 1 saturated heterocycles. The maximum atomic E-state index is 12.4. The van der Waals surface area contributed by atoms with Gasteiger partial charge in [-0.05, 0) is 51.6 Å². The zero-order valence-corrected chi connectivity index (χ0v) is 13.1. The average molecular weight is 299 g/mol. The molecule has 5 nitrogen and oxygen atoms in total. The number of carbonyl (C=O) groups excluding carboxylic acids is 1. The van der Waals surface area contributed by atoms with Crippen LogP contribution in [0.4, 0.5) is 5.69 Å². The van der Waals surface area contributed by atoms with Crippen LogP contribution in [-0.4, -0.2) is 28.8 Å². The molecular weight excluding hydrogens is 276 g/mol. The van der Waals surface area contributed by atoms with Gasteiger partial charge in [-0.25, -0.2) is 0 Å². The standard InChI is InChI=1S/C14H22N4O.ClH/c1-9-12(10(2)18(3)17-9)16-13(19)11-8-14(11)4-6-15-7-5-14;/h11,15H,4-8H2,1-3H3,(H,16,19);1H. The van der Waals surface area contributed by atoms with E-state index in [1.165, 1.54) is 0 Å². The van der Waals surface area contributed by atoms with Gasteiger partial charge in [0.2, 0.25) is 5.91 Å². The van der Waals surface area contributed by atoms with Crippen molar-refractivity contribution < 1.29 is 4.79 Å². The highest BCUT2D eigenvalue weighted by molar-refractivity contribution is 5.96. The number of piperidine rings is 1. The molecule has 0 radical (unpaired) electrons. The van der Waals surface area contributed by atoms with Crippen LogP contribution in [0.1, 0.15) is 30.7 Å². The van der Waals surface area contributed by atoms with Crippen LogP contribution in [0.25, 0.3) is 0 Å². The number of anilines is 1. The van der Waals surface area contributed by atoms with Crippen LogP contribution in [-0.2, 0) is 11.8 Å². The van der Waals surface area contributed by atoms with Crippen molar-refractivity contribution in [2.24, 2.45) is 18.4 Å². The van der Waals surface area contributed by atoms with Crippen molar-refractivity contribution in [2.75, 3.05) is 18.4 Å². The Kier molecular flexibility index (Phi) is 4.12. The third-order valence-corrected chi connectivity index (χ3v) is 4.86. The topological polar surface area (TPSA) is 59.0 Å². The van der Waals surface area contributed by atoms with E-state index in [1.54, 1.807) is 0 Å². The Labute approximate surface area is 125 Å². The van der Waals surface area contributed by atoms with Gasteiger partial charge < -0.3 is 10.6 Å². The fraction of sp³-hybridized carbons (Fsp3) is 0.714. The van der Waals surface area contributed by atoms with Crippen molar-refractivity contribution >= 4 is 24.0 Å². The summed E-state index contributed by atoms with van der Waals surface area (Å²) in [6.07, 6.45) is 3.32. The van der Waals surface area contributed by atoms with Gasteiger partial charge in [-0.2, -0.15) is 5.10 Å². The van der Waals surface area contributed by atoms with Gasteiger partial charge in [-0.1, -0.05) is 0 Å². The fourth-order valence-corrected chi connectivity index (χ4v) is 3.36. The Morgan fingerprint density at radius 2 is 2.05 bits per heavy atom. The number of carbonyl (C=O) groups is 1. The minimum atomic E-state index is 0. The monoisotopic (exact) mass is 298 g/mol. The minimum Gasteiger partial charge on any atom is -0.323 e. The zero-order valence-electron chi connectivity index (χ0n) is 12.3. The van der Waals surface area contributed by atoms with Gasteiger partial charge in [0.1, 0.15) is 0 Å². The number of hydrogen-bond donors (Lipinski definition) is 2. The first-order valence-corrected chi connectivity index (χ1v) is 7.05. The molecule has 6 heteroatoms. The van der Waals surface area contributed by atoms with E-state index in [0.29, 0.717) is 5.41 Å². The second-order valence-corrected chi connectivity index (χ2v) is 6.03. The molecule has 1 unspecified atom stereocenters. The number of rotatable bonds is 2. The normalized spacial score (nSPS) is 23.2. The predicted octanol–water partition coefficient (Wildman–Crippen LogP) is 1.79. The van der Waals surface area contributed by atoms with Crippen molar-refractivity contribution in [3.63, 3.8) is 0 Å². The summed E-state index contributed by atoms with van der Waals surface area (Å²) in [6.45, 7) is 6.03. The summed E-state index contributed by atoms with van der Waals surface area (Å²) in [5.74, 6) is 0.384. The minimum absolute atomic E-state index is 0. The number of aryl methyl sites for hydroxylation is 2. The molecule has 20 heavy (non-hydrogen) atoms. The second-order valence-electron chi connectivity index (χ2n) is 6.03. The first-order chi connectivity index (χ1) is 9.03. The van der Waals surface area contributed by atoms with Gasteiger partial charge >= 0.3 is 0 Å². The van der Waals surface area contributed by atoms with Crippen molar-refractivity contribution in [2.45, 2.75) is 33.1 Å². The van der Waals surface area contributed by atoms with Crippen molar-refractivity contribution in [3.05, 3.63) is 11.4 Å². The van der Waals surface area contributed by atoms with Crippen LogP contribution in [0.15, 0.2) is 0 Å². The summed E-state index contributed by atoms with van der Waals surface area (Å²) < 4.78 is 1.82. The molecule has 2 fully saturated rings. The molecule has 0 aromatic carbocycles. The van der Waals surface area contributed by atoms with Crippen LogP contribution in [0, 0.1) is 25.2 Å². The summed E-state index contributed by atoms with van der Waals surface area (Å²) in [4.78, 5) is 12.4. The largest absolute Gasteiger partial charge is 0.323 e. The van der Waals surface area contributed by atoms with E-state index in [2.05, 4.69) is 15.7 Å². The van der Waals surface area contributed by atoms with E-state index in [0.717, 1.165) is 49.4 Å². The molecule has 1 amide bonds. The number of hydrogen-bond acceptors (Lipinski definition) is 3. The van der Waals surface area contributed by atoms with E-state index in [1.807, 2.05) is 25.6 Å². The van der Waals surface area contributed by atoms with Crippen LogP contribution in [0.3, 0.4) is 0 Å². The molecular formula is C14H23ClN4O. The van der Waals surface area contributed by atoms with Crippen LogP contribution >= 0.6 is 12.4 Å². The van der Waals surface area contributed by atoms with Gasteiger partial charge in [0.25, 0.3) is 0 Å². The lowest BCUT2D eigenvalue weighted by Crippen LogP contribution is -2.31. The van der Waals surface area contributed by atoms with E-state index in [9.17, 15) is 4.79 Å². The number of nitrogens with zero attached hydrogens (tertiary/aromatic N) is 2. The molecule has 2 aliphatic rings. The lowest BCUT2D eigenvalue weighted by atomic mass is 9.92. The summed E-state index contributed by atoms with van der Waals surface area (Å²) in [5.41, 5.74) is 3.10. The lowest BCUT2D eigenvalue weighted by Gasteiger charge is -2.23. The first-order valence-electron chi connectivity index (χ1n) is 7.05. The molecule has 1 aliphatic carbocycles. The first kappa shape index (κ1) is 15.3. The summed E-state index contributed by atoms with van der Waals surface area (Å²) in [6, 6.07) is 0. The Bertz CT molecular complexity index is 519. The van der Waals surface area contributed by atoms with E-state index in [4.69, 9.17) is 0 Å². The molecule has 1 aliphatic heterocycles. The molecule has 0 bridgehead atoms. The fourth-order valence-electron chi connectivity index (χ4n) is 3.36. The number of nitrogens with one attached hydrogen (secondary N) is 2. The molecule has 112 valence electrons. The molecule has 3 rings (SSSR count). The maximum absolute atomic E-state index is 12.4. The molecule has 2 N–H and O–H groups in total. The van der Waals surface area contributed by atoms with E-state index in [-0.39, 0.29) is 24.2 Å². The number of amides is 1. The van der Waals surface area contributed by atoms with Gasteiger partial charge in [0.15, 0.2) is 0 Å². The van der Waals surface area contributed by atoms with Crippen molar-refractivity contribution in [1.82, 2.24) is 15.1 Å². The van der Waals surface area contributed by atoms with Crippen LogP contribution < -0.4 is 10.6 Å². The quantitative estimate of drug-likeness (QED) is 0.875. The van der Waals surface area contributed by atoms with Gasteiger partial charge in [-0.15, -0.1) is 12.4 Å². The SMILES string of the molecule is Cc1nn(C)c(C)c1NC(=O)C1CC12CCNCC2.Cl. The third-order valence-electron chi connectivity index (χ3n) is 4.86. The second kappa shape index (κ2) is 5.37. The third kappa shape index (κ3) is 2.44. The van der Waals surface area contributed by atoms with Gasteiger partial charge in [0.05, 0.1) is 17.1 Å². The van der Waals surface area contributed by atoms with E-state index < -0.39 is 0 Å². The lowest BCUT2D eigenvalue weighted by molar-refractivity contribution is -0.118. The molecule has 1 aromatic rings. The van der Waals surface area contributed by atoms with Crippen molar-refractivity contribution in [3.8, 4) is 0 Å². The highest BCUT2D eigenvalue weighted by atomic mass is 35.5. The highest BCUT2D eigenvalue weighted by Gasteiger charge is 2.57. The predicted molar refractivity (Wildman–Crippen MR) is 81.2 cm³/mol. The Morgan fingerprint density at radius 3 is 2.60 bits per heavy atom. The summed E-state index contributed by atoms with van der Waals surface area (Å²) >= 11 is 0. The zero-order chi connectivity index (χ0) is 13.6. The average Bonchev–Trinajstić information content (AvgIpc) is 3.02. The maximum Gasteiger partial charge on any atom is 0.228 e. The van der Waals surface area contributed by atoms with Gasteiger partial charge in [0, 0.05) is 13.0 Å². The smallest absolute Gasteiger partial charge is 0.228 e.